The highest BCUT2D eigenvalue weighted by Crippen LogP contribution is 2.28. The van der Waals surface area contributed by atoms with Crippen molar-refractivity contribution in [2.45, 2.75) is 45.1 Å². The second-order valence-electron chi connectivity index (χ2n) is 4.92. The van der Waals surface area contributed by atoms with Gasteiger partial charge in [0.15, 0.2) is 0 Å². The van der Waals surface area contributed by atoms with Gasteiger partial charge in [-0.2, -0.15) is 0 Å². The van der Waals surface area contributed by atoms with Crippen LogP contribution in [0.3, 0.4) is 0 Å². The van der Waals surface area contributed by atoms with E-state index in [0.717, 1.165) is 11.6 Å². The highest BCUT2D eigenvalue weighted by molar-refractivity contribution is 5.45. The highest BCUT2D eigenvalue weighted by atomic mass is 16.5. The molecule has 0 amide bonds. The number of pyridine rings is 1. The zero-order valence-corrected chi connectivity index (χ0v) is 10.8. The summed E-state index contributed by atoms with van der Waals surface area (Å²) in [6.45, 7) is 2.28. The van der Waals surface area contributed by atoms with E-state index in [9.17, 15) is 0 Å². The maximum Gasteiger partial charge on any atom is 0.214 e. The lowest BCUT2D eigenvalue weighted by molar-refractivity contribution is 0.328. The molecule has 3 heteroatoms. The van der Waals surface area contributed by atoms with Crippen molar-refractivity contribution in [3.8, 4) is 5.88 Å². The quantitative estimate of drug-likeness (QED) is 0.866. The fraction of sp³-hybridized carbons (Fsp3) is 0.643. The van der Waals surface area contributed by atoms with Gasteiger partial charge >= 0.3 is 0 Å². The summed E-state index contributed by atoms with van der Waals surface area (Å²) in [4.78, 5) is 4.12. The van der Waals surface area contributed by atoms with Crippen molar-refractivity contribution >= 4 is 5.69 Å². The zero-order valence-electron chi connectivity index (χ0n) is 10.8. The highest BCUT2D eigenvalue weighted by Gasteiger charge is 2.19. The van der Waals surface area contributed by atoms with Crippen LogP contribution in [0.15, 0.2) is 18.3 Å². The van der Waals surface area contributed by atoms with Gasteiger partial charge in [0.1, 0.15) is 0 Å². The van der Waals surface area contributed by atoms with Gasteiger partial charge in [0.2, 0.25) is 5.88 Å². The predicted molar refractivity (Wildman–Crippen MR) is 70.4 cm³/mol. The van der Waals surface area contributed by atoms with E-state index in [1.54, 1.807) is 13.3 Å². The van der Waals surface area contributed by atoms with E-state index < -0.39 is 0 Å². The van der Waals surface area contributed by atoms with Gasteiger partial charge in [0, 0.05) is 24.0 Å². The molecule has 1 fully saturated rings. The van der Waals surface area contributed by atoms with Crippen molar-refractivity contribution in [2.75, 3.05) is 12.4 Å². The number of methoxy groups -OCH3 is 1. The molecule has 1 aromatic rings. The first-order valence-electron chi connectivity index (χ1n) is 6.56. The molecule has 0 spiro atoms. The van der Waals surface area contributed by atoms with Crippen LogP contribution in [0.25, 0.3) is 0 Å². The zero-order chi connectivity index (χ0) is 12.1. The lowest BCUT2D eigenvalue weighted by Gasteiger charge is -2.29. The summed E-state index contributed by atoms with van der Waals surface area (Å²) in [7, 11) is 1.65. The lowest BCUT2D eigenvalue weighted by Crippen LogP contribution is -2.27. The maximum atomic E-state index is 5.13. The molecular formula is C14H22N2O. The summed E-state index contributed by atoms with van der Waals surface area (Å²) >= 11 is 0. The van der Waals surface area contributed by atoms with Gasteiger partial charge < -0.3 is 10.1 Å². The molecule has 1 aliphatic carbocycles. The minimum atomic E-state index is 0.530. The molecule has 1 heterocycles. The van der Waals surface area contributed by atoms with E-state index in [-0.39, 0.29) is 0 Å². The summed E-state index contributed by atoms with van der Waals surface area (Å²) in [5, 5.41) is 3.57. The number of ether oxygens (including phenoxy) is 1. The maximum absolute atomic E-state index is 5.13. The average molecular weight is 234 g/mol. The Morgan fingerprint density at radius 3 is 2.82 bits per heavy atom. The molecule has 1 aromatic heterocycles. The number of nitrogens with one attached hydrogen (secondary N) is 1. The molecule has 1 aliphatic rings. The Morgan fingerprint density at radius 1 is 1.35 bits per heavy atom. The first-order chi connectivity index (χ1) is 8.29. The van der Waals surface area contributed by atoms with E-state index in [0.29, 0.717) is 11.9 Å². The summed E-state index contributed by atoms with van der Waals surface area (Å²) in [5.74, 6) is 1.48. The van der Waals surface area contributed by atoms with Crippen LogP contribution >= 0.6 is 0 Å². The van der Waals surface area contributed by atoms with Gasteiger partial charge in [-0.15, -0.1) is 0 Å². The van der Waals surface area contributed by atoms with Crippen LogP contribution in [0.5, 0.6) is 5.88 Å². The third kappa shape index (κ3) is 3.35. The monoisotopic (exact) mass is 234 g/mol. The molecule has 0 aliphatic heterocycles. The van der Waals surface area contributed by atoms with Crippen molar-refractivity contribution in [2.24, 2.45) is 5.92 Å². The van der Waals surface area contributed by atoms with Gasteiger partial charge in [-0.05, 0) is 31.7 Å². The van der Waals surface area contributed by atoms with Crippen molar-refractivity contribution in [1.82, 2.24) is 4.98 Å². The summed E-state index contributed by atoms with van der Waals surface area (Å²) in [6.07, 6.45) is 8.68. The molecule has 0 aromatic carbocycles. The van der Waals surface area contributed by atoms with Crippen molar-refractivity contribution in [1.29, 1.82) is 0 Å². The third-order valence-electron chi connectivity index (χ3n) is 3.70. The Labute approximate surface area is 104 Å². The largest absolute Gasteiger partial charge is 0.481 e. The van der Waals surface area contributed by atoms with E-state index in [2.05, 4.69) is 17.2 Å². The Morgan fingerprint density at radius 2 is 2.12 bits per heavy atom. The number of anilines is 1. The van der Waals surface area contributed by atoms with Gasteiger partial charge in [-0.1, -0.05) is 19.3 Å². The molecule has 1 unspecified atom stereocenters. The topological polar surface area (TPSA) is 34.1 Å². The first kappa shape index (κ1) is 12.2. The van der Waals surface area contributed by atoms with Crippen LogP contribution in [0.4, 0.5) is 5.69 Å². The minimum absolute atomic E-state index is 0.530. The SMILES string of the molecule is COc1cc(NC(C)C2CCCCC2)ccn1. The molecular weight excluding hydrogens is 212 g/mol. The summed E-state index contributed by atoms with van der Waals surface area (Å²) in [6, 6.07) is 4.49. The average Bonchev–Trinajstić information content (AvgIpc) is 2.40. The van der Waals surface area contributed by atoms with Crippen molar-refractivity contribution in [3.63, 3.8) is 0 Å². The molecule has 1 atom stereocenters. The Balaban J connectivity index is 1.94. The molecule has 1 saturated carbocycles. The number of rotatable bonds is 4. The number of hydrogen-bond acceptors (Lipinski definition) is 3. The standard InChI is InChI=1S/C14H22N2O/c1-11(12-6-4-3-5-7-12)16-13-8-9-15-14(10-13)17-2/h8-12H,3-7H2,1-2H3,(H,15,16). The van der Waals surface area contributed by atoms with Gasteiger partial charge in [-0.25, -0.2) is 4.98 Å². The first-order valence-corrected chi connectivity index (χ1v) is 6.56. The Bertz CT molecular complexity index is 348. The summed E-state index contributed by atoms with van der Waals surface area (Å²) < 4.78 is 5.13. The minimum Gasteiger partial charge on any atom is -0.481 e. The second kappa shape index (κ2) is 5.89. The van der Waals surface area contributed by atoms with Crippen LogP contribution in [0.2, 0.25) is 0 Å². The van der Waals surface area contributed by atoms with Gasteiger partial charge in [0.05, 0.1) is 7.11 Å². The van der Waals surface area contributed by atoms with Crippen molar-refractivity contribution in [3.05, 3.63) is 18.3 Å². The van der Waals surface area contributed by atoms with E-state index in [1.807, 2.05) is 12.1 Å². The van der Waals surface area contributed by atoms with Crippen LogP contribution < -0.4 is 10.1 Å². The Hall–Kier alpha value is -1.25. The second-order valence-corrected chi connectivity index (χ2v) is 4.92. The van der Waals surface area contributed by atoms with Crippen molar-refractivity contribution < 1.29 is 4.74 Å². The van der Waals surface area contributed by atoms with E-state index in [1.165, 1.54) is 32.1 Å². The van der Waals surface area contributed by atoms with E-state index >= 15 is 0 Å². The molecule has 1 N–H and O–H groups in total. The van der Waals surface area contributed by atoms with Crippen LogP contribution in [0.1, 0.15) is 39.0 Å². The summed E-state index contributed by atoms with van der Waals surface area (Å²) in [5.41, 5.74) is 1.11. The molecule has 0 saturated heterocycles. The predicted octanol–water partition coefficient (Wildman–Crippen LogP) is 3.47. The van der Waals surface area contributed by atoms with Gasteiger partial charge in [-0.3, -0.25) is 0 Å². The van der Waals surface area contributed by atoms with E-state index in [4.69, 9.17) is 4.74 Å². The molecule has 94 valence electrons. The fourth-order valence-electron chi connectivity index (χ4n) is 2.63. The molecule has 0 radical (unpaired) electrons. The molecule has 3 nitrogen and oxygen atoms in total. The lowest BCUT2D eigenvalue weighted by atomic mass is 9.84. The number of aromatic nitrogens is 1. The molecule has 17 heavy (non-hydrogen) atoms. The third-order valence-corrected chi connectivity index (χ3v) is 3.70. The van der Waals surface area contributed by atoms with Crippen LogP contribution in [0, 0.1) is 5.92 Å². The van der Waals surface area contributed by atoms with Crippen LogP contribution in [-0.2, 0) is 0 Å². The molecule has 0 bridgehead atoms. The molecule has 2 rings (SSSR count). The Kier molecular flexibility index (Phi) is 4.24. The van der Waals surface area contributed by atoms with Gasteiger partial charge in [0.25, 0.3) is 0 Å². The van der Waals surface area contributed by atoms with Crippen LogP contribution in [-0.4, -0.2) is 18.1 Å². The normalized spacial score (nSPS) is 18.7. The smallest absolute Gasteiger partial charge is 0.214 e. The number of hydrogen-bond donors (Lipinski definition) is 1. The number of nitrogens with zero attached hydrogens (tertiary/aromatic N) is 1. The fourth-order valence-corrected chi connectivity index (χ4v) is 2.63.